The second kappa shape index (κ2) is 6.46. The SMILES string of the molecule is COc1ccc(NC(C)c2ccc(Br)cc2F)cc1Cl. The molecule has 0 aliphatic carbocycles. The van der Waals surface area contributed by atoms with E-state index in [0.717, 1.165) is 10.2 Å². The van der Waals surface area contributed by atoms with Crippen LogP contribution < -0.4 is 10.1 Å². The van der Waals surface area contributed by atoms with Crippen molar-refractivity contribution in [2.45, 2.75) is 13.0 Å². The average Bonchev–Trinajstić information content (AvgIpc) is 2.38. The highest BCUT2D eigenvalue weighted by Crippen LogP contribution is 2.30. The van der Waals surface area contributed by atoms with Crippen LogP contribution in [0.5, 0.6) is 5.75 Å². The highest BCUT2D eigenvalue weighted by molar-refractivity contribution is 9.10. The van der Waals surface area contributed by atoms with Crippen LogP contribution in [0, 0.1) is 5.82 Å². The third-order valence-corrected chi connectivity index (χ3v) is 3.75. The van der Waals surface area contributed by atoms with Crippen LogP contribution in [-0.2, 0) is 0 Å². The highest BCUT2D eigenvalue weighted by Gasteiger charge is 2.12. The highest BCUT2D eigenvalue weighted by atomic mass is 79.9. The fourth-order valence-corrected chi connectivity index (χ4v) is 2.53. The number of ether oxygens (including phenoxy) is 1. The first-order chi connectivity index (χ1) is 9.51. The largest absolute Gasteiger partial charge is 0.495 e. The first kappa shape index (κ1) is 15.1. The van der Waals surface area contributed by atoms with E-state index in [0.29, 0.717) is 16.3 Å². The van der Waals surface area contributed by atoms with Crippen molar-refractivity contribution in [2.24, 2.45) is 0 Å². The van der Waals surface area contributed by atoms with E-state index in [1.165, 1.54) is 6.07 Å². The lowest BCUT2D eigenvalue weighted by molar-refractivity contribution is 0.415. The molecule has 0 saturated carbocycles. The van der Waals surface area contributed by atoms with Gasteiger partial charge in [0, 0.05) is 15.7 Å². The predicted molar refractivity (Wildman–Crippen MR) is 84.1 cm³/mol. The van der Waals surface area contributed by atoms with E-state index < -0.39 is 0 Å². The molecule has 0 aromatic heterocycles. The summed E-state index contributed by atoms with van der Waals surface area (Å²) >= 11 is 9.31. The maximum atomic E-state index is 13.9. The number of benzene rings is 2. The van der Waals surface area contributed by atoms with Crippen LogP contribution in [0.4, 0.5) is 10.1 Å². The summed E-state index contributed by atoms with van der Waals surface area (Å²) in [6.07, 6.45) is 0. The van der Waals surface area contributed by atoms with Crippen molar-refractivity contribution in [3.63, 3.8) is 0 Å². The Labute approximate surface area is 131 Å². The number of rotatable bonds is 4. The van der Waals surface area contributed by atoms with Gasteiger partial charge in [0.1, 0.15) is 11.6 Å². The molecule has 0 saturated heterocycles. The predicted octanol–water partition coefficient (Wildman–Crippen LogP) is 5.42. The minimum absolute atomic E-state index is 0.174. The minimum atomic E-state index is -0.251. The van der Waals surface area contributed by atoms with Crippen molar-refractivity contribution in [2.75, 3.05) is 12.4 Å². The third-order valence-electron chi connectivity index (χ3n) is 2.96. The number of methoxy groups -OCH3 is 1. The fourth-order valence-electron chi connectivity index (χ4n) is 1.94. The number of hydrogen-bond acceptors (Lipinski definition) is 2. The Morgan fingerprint density at radius 1 is 1.25 bits per heavy atom. The zero-order valence-corrected chi connectivity index (χ0v) is 13.4. The first-order valence-corrected chi connectivity index (χ1v) is 7.23. The molecule has 2 aromatic rings. The van der Waals surface area contributed by atoms with Gasteiger partial charge in [0.25, 0.3) is 0 Å². The van der Waals surface area contributed by atoms with Gasteiger partial charge in [-0.2, -0.15) is 0 Å². The molecule has 1 unspecified atom stereocenters. The maximum Gasteiger partial charge on any atom is 0.137 e. The van der Waals surface area contributed by atoms with Crippen LogP contribution in [0.15, 0.2) is 40.9 Å². The Morgan fingerprint density at radius 3 is 2.60 bits per heavy atom. The molecule has 0 aliphatic heterocycles. The first-order valence-electron chi connectivity index (χ1n) is 6.06. The topological polar surface area (TPSA) is 21.3 Å². The summed E-state index contributed by atoms with van der Waals surface area (Å²) < 4.78 is 19.7. The number of hydrogen-bond donors (Lipinski definition) is 1. The molecule has 106 valence electrons. The van der Waals surface area contributed by atoms with Crippen molar-refractivity contribution in [3.05, 3.63) is 57.3 Å². The third kappa shape index (κ3) is 3.44. The lowest BCUT2D eigenvalue weighted by Gasteiger charge is -2.17. The van der Waals surface area contributed by atoms with Gasteiger partial charge in [-0.25, -0.2) is 4.39 Å². The maximum absolute atomic E-state index is 13.9. The molecule has 0 amide bonds. The molecular formula is C15H14BrClFNO. The molecule has 2 nitrogen and oxygen atoms in total. The monoisotopic (exact) mass is 357 g/mol. The molecule has 2 rings (SSSR count). The van der Waals surface area contributed by atoms with Crippen molar-refractivity contribution in [1.82, 2.24) is 0 Å². The number of anilines is 1. The van der Waals surface area contributed by atoms with Gasteiger partial charge in [0.2, 0.25) is 0 Å². The molecule has 0 fully saturated rings. The summed E-state index contributed by atoms with van der Waals surface area (Å²) in [5.74, 6) is 0.360. The van der Waals surface area contributed by atoms with E-state index in [1.807, 2.05) is 19.1 Å². The second-order valence-corrected chi connectivity index (χ2v) is 5.70. The lowest BCUT2D eigenvalue weighted by atomic mass is 10.1. The summed E-state index contributed by atoms with van der Waals surface area (Å²) in [6, 6.07) is 10.2. The Bertz CT molecular complexity index is 621. The van der Waals surface area contributed by atoms with E-state index in [2.05, 4.69) is 21.2 Å². The normalized spacial score (nSPS) is 12.1. The Kier molecular flexibility index (Phi) is 4.89. The molecule has 0 heterocycles. The van der Waals surface area contributed by atoms with Crippen molar-refractivity contribution < 1.29 is 9.13 Å². The van der Waals surface area contributed by atoms with Crippen molar-refractivity contribution in [1.29, 1.82) is 0 Å². The van der Waals surface area contributed by atoms with Crippen LogP contribution in [0.1, 0.15) is 18.5 Å². The summed E-state index contributed by atoms with van der Waals surface area (Å²) in [5, 5.41) is 3.73. The lowest BCUT2D eigenvalue weighted by Crippen LogP contribution is -2.08. The molecule has 5 heteroatoms. The van der Waals surface area contributed by atoms with E-state index >= 15 is 0 Å². The Morgan fingerprint density at radius 2 is 2.00 bits per heavy atom. The van der Waals surface area contributed by atoms with Crippen molar-refractivity contribution >= 4 is 33.2 Å². The van der Waals surface area contributed by atoms with Crippen LogP contribution in [-0.4, -0.2) is 7.11 Å². The zero-order chi connectivity index (χ0) is 14.7. The quantitative estimate of drug-likeness (QED) is 0.787. The minimum Gasteiger partial charge on any atom is -0.495 e. The zero-order valence-electron chi connectivity index (χ0n) is 11.1. The van der Waals surface area contributed by atoms with Crippen LogP contribution in [0.2, 0.25) is 5.02 Å². The van der Waals surface area contributed by atoms with E-state index in [4.69, 9.17) is 16.3 Å². The molecule has 20 heavy (non-hydrogen) atoms. The molecule has 0 bridgehead atoms. The van der Waals surface area contributed by atoms with Crippen LogP contribution in [0.3, 0.4) is 0 Å². The van der Waals surface area contributed by atoms with Gasteiger partial charge < -0.3 is 10.1 Å². The Balaban J connectivity index is 2.18. The van der Waals surface area contributed by atoms with E-state index in [1.54, 1.807) is 25.3 Å². The van der Waals surface area contributed by atoms with Crippen LogP contribution >= 0.6 is 27.5 Å². The summed E-state index contributed by atoms with van der Waals surface area (Å²) in [7, 11) is 1.56. The number of nitrogens with one attached hydrogen (secondary N) is 1. The molecular weight excluding hydrogens is 345 g/mol. The van der Waals surface area contributed by atoms with Gasteiger partial charge in [-0.15, -0.1) is 0 Å². The smallest absolute Gasteiger partial charge is 0.137 e. The molecule has 0 radical (unpaired) electrons. The van der Waals surface area contributed by atoms with Gasteiger partial charge in [0.05, 0.1) is 18.2 Å². The molecule has 0 spiro atoms. The second-order valence-electron chi connectivity index (χ2n) is 4.38. The van der Waals surface area contributed by atoms with Gasteiger partial charge in [-0.05, 0) is 37.3 Å². The van der Waals surface area contributed by atoms with Gasteiger partial charge in [0.15, 0.2) is 0 Å². The average molecular weight is 359 g/mol. The molecule has 2 aromatic carbocycles. The Hall–Kier alpha value is -1.26. The van der Waals surface area contributed by atoms with E-state index in [9.17, 15) is 4.39 Å². The molecule has 1 N–H and O–H groups in total. The standard InChI is InChI=1S/C15H14BrClFNO/c1-9(12-5-3-10(16)7-14(12)18)19-11-4-6-15(20-2)13(17)8-11/h3-9,19H,1-2H3. The van der Waals surface area contributed by atoms with Gasteiger partial charge in [-0.1, -0.05) is 33.6 Å². The van der Waals surface area contributed by atoms with Gasteiger partial charge in [-0.3, -0.25) is 0 Å². The van der Waals surface area contributed by atoms with Crippen molar-refractivity contribution in [3.8, 4) is 5.75 Å². The fraction of sp³-hybridized carbons (Fsp3) is 0.200. The van der Waals surface area contributed by atoms with E-state index in [-0.39, 0.29) is 11.9 Å². The molecule has 0 aliphatic rings. The summed E-state index contributed by atoms with van der Waals surface area (Å²) in [4.78, 5) is 0. The number of halogens is 3. The van der Waals surface area contributed by atoms with Gasteiger partial charge >= 0.3 is 0 Å². The van der Waals surface area contributed by atoms with Crippen LogP contribution in [0.25, 0.3) is 0 Å². The summed E-state index contributed by atoms with van der Waals surface area (Å²) in [5.41, 5.74) is 1.41. The molecule has 1 atom stereocenters. The summed E-state index contributed by atoms with van der Waals surface area (Å²) in [6.45, 7) is 1.89.